The molecular formula is C19H19N7O6. The predicted octanol–water partition coefficient (Wildman–Crippen LogP) is -0.0448. The van der Waals surface area contributed by atoms with Crippen LogP contribution in [-0.4, -0.2) is 54.0 Å². The van der Waals surface area contributed by atoms with Crippen LogP contribution in [0.25, 0.3) is 11.2 Å². The summed E-state index contributed by atoms with van der Waals surface area (Å²) in [6, 6.07) is 4.35. The fourth-order valence-electron chi connectivity index (χ4n) is 2.62. The Morgan fingerprint density at radius 1 is 1.22 bits per heavy atom. The number of anilines is 2. The summed E-state index contributed by atoms with van der Waals surface area (Å²) in [5.74, 6) is -3.58. The number of carboxylic acids is 2. The number of amides is 1. The average molecular weight is 443 g/mol. The highest BCUT2D eigenvalue weighted by Crippen LogP contribution is 2.12. The molecule has 2 aromatic heterocycles. The second kappa shape index (κ2) is 9.51. The summed E-state index contributed by atoms with van der Waals surface area (Å²) >= 11 is 0. The summed E-state index contributed by atoms with van der Waals surface area (Å²) in [7, 11) is 0. The second-order valence-electron chi connectivity index (χ2n) is 6.52. The van der Waals surface area contributed by atoms with Crippen molar-refractivity contribution in [3.8, 4) is 0 Å². The third-order valence-corrected chi connectivity index (χ3v) is 4.20. The lowest BCUT2D eigenvalue weighted by molar-refractivity contribution is -0.140. The van der Waals surface area contributed by atoms with Gasteiger partial charge >= 0.3 is 11.9 Å². The van der Waals surface area contributed by atoms with Crippen molar-refractivity contribution in [2.75, 3.05) is 11.1 Å². The normalized spacial score (nSPS) is 13.5. The molecule has 0 radical (unpaired) electrons. The number of H-pyrrole nitrogens is 1. The quantitative estimate of drug-likeness (QED) is 0.258. The van der Waals surface area contributed by atoms with E-state index in [1.54, 1.807) is 0 Å². The zero-order valence-corrected chi connectivity index (χ0v) is 16.3. The number of hydrogen-bond acceptors (Lipinski definition) is 9. The first kappa shape index (κ1) is 19.4. The molecule has 0 aliphatic rings. The summed E-state index contributed by atoms with van der Waals surface area (Å²) in [5, 5.41) is 22.9. The van der Waals surface area contributed by atoms with Gasteiger partial charge in [-0.15, -0.1) is 0 Å². The molecule has 166 valence electrons. The number of nitrogens with two attached hydrogens (primary N) is 1. The minimum Gasteiger partial charge on any atom is -0.481 e. The standard InChI is InChI=1S/C19H19N7O6/c20-19-25-15-14(17(30)26-19)23-11(8-22-15)7-21-10-3-1-9(2-4-10)16(29)24-12(18(31)32)5-6-13(27)28/h1-4,8,12,21H,5-7H2,(H,24,29)(H,27,28)(H,31,32)(H3,20,22,25,26,30)/t12-/m0/s1/i7D/hD/t7?,12-. The molecule has 1 amide bonds. The van der Waals surface area contributed by atoms with Gasteiger partial charge in [0.2, 0.25) is 5.95 Å². The monoisotopic (exact) mass is 443 g/mol. The fraction of sp³-hybridized carbons (Fsp3) is 0.211. The lowest BCUT2D eigenvalue weighted by Gasteiger charge is -2.14. The molecule has 13 heteroatoms. The Morgan fingerprint density at radius 2 is 1.94 bits per heavy atom. The average Bonchev–Trinajstić information content (AvgIpc) is 2.80. The topological polar surface area (TPSA) is 213 Å². The van der Waals surface area contributed by atoms with Crippen LogP contribution in [0, 0.1) is 0 Å². The van der Waals surface area contributed by atoms with Gasteiger partial charge in [-0.25, -0.2) is 14.8 Å². The zero-order chi connectivity index (χ0) is 25.0. The van der Waals surface area contributed by atoms with Gasteiger partial charge < -0.3 is 26.6 Å². The van der Waals surface area contributed by atoms with Crippen LogP contribution in [0.15, 0.2) is 35.3 Å². The van der Waals surface area contributed by atoms with E-state index in [9.17, 15) is 19.2 Å². The molecule has 7 N–H and O–H groups in total. The van der Waals surface area contributed by atoms with E-state index in [4.69, 9.17) is 18.7 Å². The number of aromatic nitrogens is 4. The van der Waals surface area contributed by atoms with Crippen molar-refractivity contribution < 1.29 is 27.4 Å². The van der Waals surface area contributed by atoms with Gasteiger partial charge in [0.05, 0.1) is 19.8 Å². The lowest BCUT2D eigenvalue weighted by atomic mass is 10.1. The summed E-state index contributed by atoms with van der Waals surface area (Å²) in [4.78, 5) is 58.5. The molecule has 1 aromatic carbocycles. The number of carbonyl (C=O) groups excluding carboxylic acids is 1. The minimum absolute atomic E-state index is 0.0552. The molecule has 2 atom stereocenters. The number of carboxylic acid groups (broad SMARTS) is 2. The molecule has 32 heavy (non-hydrogen) atoms. The number of carbonyl (C=O) groups is 3. The molecule has 13 nitrogen and oxygen atoms in total. The Kier molecular flexibility index (Phi) is 5.77. The van der Waals surface area contributed by atoms with Gasteiger partial charge in [0.1, 0.15) is 6.04 Å². The van der Waals surface area contributed by atoms with Crippen LogP contribution in [0.4, 0.5) is 11.6 Å². The Balaban J connectivity index is 1.70. The van der Waals surface area contributed by atoms with Gasteiger partial charge in [-0.3, -0.25) is 19.4 Å². The summed E-state index contributed by atoms with van der Waals surface area (Å²) < 4.78 is 15.8. The van der Waals surface area contributed by atoms with Crippen LogP contribution in [0.1, 0.15) is 30.3 Å². The number of fused-ring (bicyclic) bond motifs is 1. The molecule has 0 aliphatic heterocycles. The van der Waals surface area contributed by atoms with Crippen LogP contribution in [0.5, 0.6) is 0 Å². The van der Waals surface area contributed by atoms with E-state index in [2.05, 4.69) is 25.6 Å². The third-order valence-electron chi connectivity index (χ3n) is 4.20. The van der Waals surface area contributed by atoms with E-state index in [0.717, 1.165) is 0 Å². The summed E-state index contributed by atoms with van der Waals surface area (Å²) in [6.45, 7) is -1.17. The third kappa shape index (κ3) is 5.53. The van der Waals surface area contributed by atoms with Crippen molar-refractivity contribution in [1.82, 2.24) is 25.2 Å². The molecule has 0 spiro atoms. The first-order chi connectivity index (χ1) is 16.1. The largest absolute Gasteiger partial charge is 0.481 e. The highest BCUT2D eigenvalue weighted by molar-refractivity contribution is 5.96. The van der Waals surface area contributed by atoms with Gasteiger partial charge in [0.15, 0.2) is 12.6 Å². The minimum atomic E-state index is -1.36. The molecule has 0 saturated heterocycles. The number of nitrogens with zero attached hydrogens (tertiary/aromatic N) is 3. The van der Waals surface area contributed by atoms with Gasteiger partial charge in [0.25, 0.3) is 11.5 Å². The number of nitrogen functional groups attached to an aromatic ring is 1. The molecular weight excluding hydrogens is 422 g/mol. The number of aliphatic carboxylic acids is 2. The van der Waals surface area contributed by atoms with Crippen LogP contribution in [-0.2, 0) is 16.1 Å². The van der Waals surface area contributed by atoms with Crippen LogP contribution >= 0.6 is 0 Å². The van der Waals surface area contributed by atoms with Crippen molar-refractivity contribution >= 4 is 40.6 Å². The van der Waals surface area contributed by atoms with Crippen molar-refractivity contribution in [3.63, 3.8) is 0 Å². The maximum Gasteiger partial charge on any atom is 0.326 e. The van der Waals surface area contributed by atoms with E-state index in [1.165, 1.54) is 30.5 Å². The molecule has 0 bridgehead atoms. The highest BCUT2D eigenvalue weighted by Gasteiger charge is 2.21. The van der Waals surface area contributed by atoms with E-state index in [1.807, 2.05) is 0 Å². The predicted molar refractivity (Wildman–Crippen MR) is 112 cm³/mol. The summed E-state index contributed by atoms with van der Waals surface area (Å²) in [5.41, 5.74) is 4.95. The van der Waals surface area contributed by atoms with E-state index < -0.39 is 42.4 Å². The van der Waals surface area contributed by atoms with Gasteiger partial charge in [0, 0.05) is 17.7 Å². The number of nitrogens with one attached hydrogen (secondary N) is 3. The SMILES string of the molecule is [2H]C(Nc1ccc(C(=O)N[C@@H](CCC(=O)O)C(=O)O)cc1)c1cnc2nc(N)n([2H])c(=O)c2n1. The maximum atomic E-state index is 12.3. The molecule has 1 unspecified atom stereocenters. The fourth-order valence-corrected chi connectivity index (χ4v) is 2.62. The Hall–Kier alpha value is -4.55. The number of aromatic amines is 1. The second-order valence-corrected chi connectivity index (χ2v) is 6.52. The number of benzene rings is 1. The van der Waals surface area contributed by atoms with Crippen molar-refractivity contribution in [2.45, 2.75) is 25.4 Å². The van der Waals surface area contributed by atoms with E-state index in [0.29, 0.717) is 10.7 Å². The van der Waals surface area contributed by atoms with Crippen molar-refractivity contribution in [2.24, 2.45) is 0 Å². The van der Waals surface area contributed by atoms with Crippen LogP contribution in [0.3, 0.4) is 0 Å². The smallest absolute Gasteiger partial charge is 0.326 e. The van der Waals surface area contributed by atoms with Crippen molar-refractivity contribution in [1.29, 1.82) is 0 Å². The first-order valence-electron chi connectivity index (χ1n) is 10.2. The van der Waals surface area contributed by atoms with E-state index >= 15 is 0 Å². The Bertz CT molecular complexity index is 1310. The van der Waals surface area contributed by atoms with E-state index in [-0.39, 0.29) is 34.8 Å². The van der Waals surface area contributed by atoms with Crippen LogP contribution < -0.4 is 21.9 Å². The number of rotatable bonds is 9. The van der Waals surface area contributed by atoms with Crippen molar-refractivity contribution in [3.05, 3.63) is 52.1 Å². The molecule has 0 saturated carbocycles. The van der Waals surface area contributed by atoms with Gasteiger partial charge in [-0.1, -0.05) is 0 Å². The Morgan fingerprint density at radius 3 is 2.59 bits per heavy atom. The molecule has 3 aromatic rings. The molecule has 0 fully saturated rings. The lowest BCUT2D eigenvalue weighted by Crippen LogP contribution is -2.41. The zero-order valence-electron chi connectivity index (χ0n) is 18.3. The highest BCUT2D eigenvalue weighted by atomic mass is 16.4. The molecule has 0 aliphatic carbocycles. The molecule has 2 heterocycles. The van der Waals surface area contributed by atoms with Gasteiger partial charge in [-0.05, 0) is 30.7 Å². The maximum absolute atomic E-state index is 12.3. The van der Waals surface area contributed by atoms with Crippen LogP contribution in [0.2, 0.25) is 1.41 Å². The Labute approximate surface area is 182 Å². The first-order valence-corrected chi connectivity index (χ1v) is 9.15. The number of hydrogen-bond donors (Lipinski definition) is 6. The van der Waals surface area contributed by atoms with Gasteiger partial charge in [-0.2, -0.15) is 4.98 Å². The summed E-state index contributed by atoms with van der Waals surface area (Å²) in [6.07, 6.45) is 0.552. The molecule has 3 rings (SSSR count).